The molecule has 1 amide bonds. The van der Waals surface area contributed by atoms with Gasteiger partial charge in [0.15, 0.2) is 0 Å². The molecular formula is C20H18ClN5O3S. The van der Waals surface area contributed by atoms with Crippen molar-refractivity contribution in [3.05, 3.63) is 81.1 Å². The van der Waals surface area contributed by atoms with E-state index in [-0.39, 0.29) is 24.8 Å². The molecule has 0 fully saturated rings. The number of hydrogen-bond donors (Lipinski definition) is 1. The number of nitrogens with one attached hydrogen (secondary N) is 1. The molecule has 30 heavy (non-hydrogen) atoms. The monoisotopic (exact) mass is 443 g/mol. The number of thiophene rings is 1. The molecule has 4 rings (SSSR count). The summed E-state index contributed by atoms with van der Waals surface area (Å²) in [6.07, 6.45) is 3.54. The summed E-state index contributed by atoms with van der Waals surface area (Å²) in [6, 6.07) is 10.4. The zero-order valence-electron chi connectivity index (χ0n) is 16.0. The van der Waals surface area contributed by atoms with E-state index in [2.05, 4.69) is 15.4 Å². The third kappa shape index (κ3) is 4.37. The highest BCUT2D eigenvalue weighted by molar-refractivity contribution is 7.13. The zero-order chi connectivity index (χ0) is 21.1. The number of aromatic nitrogens is 4. The van der Waals surface area contributed by atoms with Crippen molar-refractivity contribution in [2.75, 3.05) is 0 Å². The van der Waals surface area contributed by atoms with E-state index in [9.17, 15) is 9.59 Å². The van der Waals surface area contributed by atoms with Gasteiger partial charge in [0, 0.05) is 30.9 Å². The maximum absolute atomic E-state index is 12.7. The number of benzene rings is 1. The molecule has 1 N–H and O–H groups in total. The highest BCUT2D eigenvalue weighted by Crippen LogP contribution is 2.23. The zero-order valence-corrected chi connectivity index (χ0v) is 17.6. The molecule has 0 aliphatic carbocycles. The fourth-order valence-corrected chi connectivity index (χ4v) is 3.77. The van der Waals surface area contributed by atoms with Gasteiger partial charge in [-0.3, -0.25) is 4.79 Å². The summed E-state index contributed by atoms with van der Waals surface area (Å²) in [5.74, 6) is 0.0989. The first-order valence-corrected chi connectivity index (χ1v) is 10.4. The van der Waals surface area contributed by atoms with Crippen molar-refractivity contribution < 1.29 is 9.21 Å². The van der Waals surface area contributed by atoms with Crippen molar-refractivity contribution in [3.8, 4) is 10.8 Å². The molecule has 4 aromatic rings. The van der Waals surface area contributed by atoms with Crippen LogP contribution in [0.3, 0.4) is 0 Å². The highest BCUT2D eigenvalue weighted by atomic mass is 35.5. The van der Waals surface area contributed by atoms with Gasteiger partial charge in [0.2, 0.25) is 5.91 Å². The third-order valence-corrected chi connectivity index (χ3v) is 5.62. The van der Waals surface area contributed by atoms with Crippen LogP contribution in [0.5, 0.6) is 0 Å². The number of halogens is 1. The fraction of sp³-hybridized carbons (Fsp3) is 0.200. The lowest BCUT2D eigenvalue weighted by molar-refractivity contribution is -0.121. The van der Waals surface area contributed by atoms with E-state index in [1.165, 1.54) is 11.3 Å². The fourth-order valence-electron chi connectivity index (χ4n) is 3.00. The van der Waals surface area contributed by atoms with Crippen LogP contribution in [-0.2, 0) is 18.4 Å². The first-order valence-electron chi connectivity index (χ1n) is 9.15. The Balaban J connectivity index is 1.48. The van der Waals surface area contributed by atoms with Crippen LogP contribution in [0, 0.1) is 0 Å². The summed E-state index contributed by atoms with van der Waals surface area (Å²) in [6.45, 7) is 0.105. The molecule has 1 atom stereocenters. The lowest BCUT2D eigenvalue weighted by atomic mass is 10.1. The second-order valence-corrected chi connectivity index (χ2v) is 7.96. The topological polar surface area (TPSA) is 95.0 Å². The molecule has 0 aliphatic heterocycles. The van der Waals surface area contributed by atoms with Crippen LogP contribution < -0.4 is 11.1 Å². The van der Waals surface area contributed by atoms with Gasteiger partial charge < -0.3 is 14.3 Å². The summed E-state index contributed by atoms with van der Waals surface area (Å²) >= 11 is 7.42. The normalized spacial score (nSPS) is 12.1. The van der Waals surface area contributed by atoms with Gasteiger partial charge in [0.25, 0.3) is 5.89 Å². The lowest BCUT2D eigenvalue weighted by Crippen LogP contribution is -2.32. The minimum Gasteiger partial charge on any atom is -0.387 e. The lowest BCUT2D eigenvalue weighted by Gasteiger charge is -2.19. The predicted molar refractivity (Wildman–Crippen MR) is 113 cm³/mol. The first-order chi connectivity index (χ1) is 14.5. The molecule has 0 spiro atoms. The van der Waals surface area contributed by atoms with Crippen molar-refractivity contribution in [2.24, 2.45) is 7.05 Å². The highest BCUT2D eigenvalue weighted by Gasteiger charge is 2.21. The minimum atomic E-state index is -0.593. The summed E-state index contributed by atoms with van der Waals surface area (Å²) in [7, 11) is 1.86. The number of aryl methyl sites for hydroxylation is 2. The van der Waals surface area contributed by atoms with E-state index < -0.39 is 11.8 Å². The Kier molecular flexibility index (Phi) is 5.82. The van der Waals surface area contributed by atoms with Crippen molar-refractivity contribution in [1.29, 1.82) is 0 Å². The van der Waals surface area contributed by atoms with E-state index in [0.717, 1.165) is 15.1 Å². The maximum atomic E-state index is 12.7. The average molecular weight is 444 g/mol. The Labute approximate surface area is 180 Å². The molecule has 0 unspecified atom stereocenters. The molecule has 0 radical (unpaired) electrons. The van der Waals surface area contributed by atoms with Crippen LogP contribution in [0.2, 0.25) is 5.02 Å². The molecule has 3 aromatic heterocycles. The van der Waals surface area contributed by atoms with Crippen LogP contribution in [0.1, 0.15) is 23.9 Å². The standard InChI is InChI=1S/C20H18ClN5O3S/c1-25-11-9-22-18(25)17(13-4-6-14(21)7-5-13)23-16(27)8-10-26-20(28)29-19(24-26)15-3-2-12-30-15/h2-7,9,11-12,17H,8,10H2,1H3,(H,23,27)/t17-/m1/s1. The molecule has 0 bridgehead atoms. The van der Waals surface area contributed by atoms with Crippen LogP contribution in [0.4, 0.5) is 0 Å². The summed E-state index contributed by atoms with van der Waals surface area (Å²) in [5.41, 5.74) is 0.848. The number of imidazole rings is 1. The van der Waals surface area contributed by atoms with Gasteiger partial charge in [0.1, 0.15) is 11.9 Å². The van der Waals surface area contributed by atoms with Gasteiger partial charge in [-0.15, -0.1) is 16.4 Å². The molecular weight excluding hydrogens is 426 g/mol. The van der Waals surface area contributed by atoms with Crippen LogP contribution in [-0.4, -0.2) is 25.2 Å². The van der Waals surface area contributed by atoms with E-state index in [1.54, 1.807) is 18.3 Å². The Morgan fingerprint density at radius 2 is 2.10 bits per heavy atom. The summed E-state index contributed by atoms with van der Waals surface area (Å²) < 4.78 is 8.18. The van der Waals surface area contributed by atoms with Gasteiger partial charge in [0.05, 0.1) is 11.4 Å². The number of carbonyl (C=O) groups excluding carboxylic acids is 1. The average Bonchev–Trinajstić information content (AvgIpc) is 3.47. The smallest absolute Gasteiger partial charge is 0.387 e. The van der Waals surface area contributed by atoms with Crippen LogP contribution in [0.15, 0.2) is 63.4 Å². The molecule has 0 saturated carbocycles. The Bertz CT molecular complexity index is 1190. The molecule has 10 heteroatoms. The molecule has 8 nitrogen and oxygen atoms in total. The third-order valence-electron chi connectivity index (χ3n) is 4.51. The first kappa shape index (κ1) is 20.1. The van der Waals surface area contributed by atoms with E-state index in [0.29, 0.717) is 10.8 Å². The van der Waals surface area contributed by atoms with Gasteiger partial charge in [-0.1, -0.05) is 29.8 Å². The Morgan fingerprint density at radius 3 is 2.77 bits per heavy atom. The summed E-state index contributed by atoms with van der Waals surface area (Å²) in [5, 5.41) is 9.63. The Morgan fingerprint density at radius 1 is 1.30 bits per heavy atom. The number of hydrogen-bond acceptors (Lipinski definition) is 6. The molecule has 3 heterocycles. The quantitative estimate of drug-likeness (QED) is 0.473. The van der Waals surface area contributed by atoms with Gasteiger partial charge in [-0.05, 0) is 29.1 Å². The van der Waals surface area contributed by atoms with Crippen molar-refractivity contribution in [3.63, 3.8) is 0 Å². The Hall–Kier alpha value is -3.17. The molecule has 0 aliphatic rings. The number of rotatable bonds is 7. The van der Waals surface area contributed by atoms with Crippen LogP contribution >= 0.6 is 22.9 Å². The number of carbonyl (C=O) groups is 1. The predicted octanol–water partition coefficient (Wildman–Crippen LogP) is 3.25. The number of nitrogens with zero attached hydrogens (tertiary/aromatic N) is 4. The minimum absolute atomic E-state index is 0.0604. The van der Waals surface area contributed by atoms with Gasteiger partial charge in [-0.2, -0.15) is 4.68 Å². The van der Waals surface area contributed by atoms with Crippen molar-refractivity contribution in [1.82, 2.24) is 24.6 Å². The van der Waals surface area contributed by atoms with Crippen LogP contribution in [0.25, 0.3) is 10.8 Å². The second kappa shape index (κ2) is 8.68. The maximum Gasteiger partial charge on any atom is 0.437 e. The van der Waals surface area contributed by atoms with Crippen molar-refractivity contribution >= 4 is 28.8 Å². The van der Waals surface area contributed by atoms with E-state index in [4.69, 9.17) is 16.0 Å². The SMILES string of the molecule is Cn1ccnc1[C@H](NC(=O)CCn1nc(-c2cccs2)oc1=O)c1ccc(Cl)cc1. The van der Waals surface area contributed by atoms with Crippen molar-refractivity contribution in [2.45, 2.75) is 19.0 Å². The largest absolute Gasteiger partial charge is 0.437 e. The molecule has 1 aromatic carbocycles. The van der Waals surface area contributed by atoms with Gasteiger partial charge in [-0.25, -0.2) is 9.78 Å². The summed E-state index contributed by atoms with van der Waals surface area (Å²) in [4.78, 5) is 29.8. The van der Waals surface area contributed by atoms with E-state index >= 15 is 0 Å². The van der Waals surface area contributed by atoms with Gasteiger partial charge >= 0.3 is 5.76 Å². The molecule has 154 valence electrons. The van der Waals surface area contributed by atoms with E-state index in [1.807, 2.05) is 47.5 Å². The molecule has 0 saturated heterocycles. The number of amides is 1. The second-order valence-electron chi connectivity index (χ2n) is 6.57.